The van der Waals surface area contributed by atoms with Crippen LogP contribution in [0.15, 0.2) is 41.5 Å². The largest absolute Gasteiger partial charge is 0.493 e. The van der Waals surface area contributed by atoms with Crippen LogP contribution in [-0.2, 0) is 6.61 Å². The molecule has 0 unspecified atom stereocenters. The molecule has 2 aromatic rings. The van der Waals surface area contributed by atoms with Crippen LogP contribution in [0, 0.1) is 9.39 Å². The number of nitrogens with zero attached hydrogens (tertiary/aromatic N) is 1. The topological polar surface area (TPSA) is 85.9 Å². The maximum Gasteiger partial charge on any atom is 0.332 e. The van der Waals surface area contributed by atoms with E-state index in [1.54, 1.807) is 30.3 Å². The van der Waals surface area contributed by atoms with E-state index in [1.165, 1.54) is 19.4 Å². The fourth-order valence-corrected chi connectivity index (χ4v) is 2.67. The number of benzene rings is 2. The molecule has 8 heteroatoms. The molecule has 0 radical (unpaired) electrons. The highest BCUT2D eigenvalue weighted by molar-refractivity contribution is 14.1. The molecule has 2 amide bonds. The molecule has 126 valence electrons. The lowest BCUT2D eigenvalue weighted by Crippen LogP contribution is -2.24. The van der Waals surface area contributed by atoms with Gasteiger partial charge in [0.15, 0.2) is 11.5 Å². The Balaban J connectivity index is 2.19. The first-order chi connectivity index (χ1) is 11.5. The number of carbonyl (C=O) groups excluding carboxylic acids is 1. The van der Waals surface area contributed by atoms with Crippen molar-refractivity contribution in [3.05, 3.63) is 56.9 Å². The predicted octanol–water partition coefficient (Wildman–Crippen LogP) is 3.02. The van der Waals surface area contributed by atoms with Crippen LogP contribution >= 0.6 is 22.6 Å². The Morgan fingerprint density at radius 1 is 1.42 bits per heavy atom. The number of methoxy groups -OCH3 is 1. The van der Waals surface area contributed by atoms with Gasteiger partial charge in [-0.15, -0.1) is 0 Å². The number of rotatable bonds is 6. The average molecular weight is 443 g/mol. The first-order valence-corrected chi connectivity index (χ1v) is 7.91. The second-order valence-electron chi connectivity index (χ2n) is 4.65. The predicted molar refractivity (Wildman–Crippen MR) is 96.8 cm³/mol. The third kappa shape index (κ3) is 4.82. The fraction of sp³-hybridized carbons (Fsp3) is 0.125. The number of carbonyl (C=O) groups is 1. The number of hydrogen-bond donors (Lipinski definition) is 2. The third-order valence-corrected chi connectivity index (χ3v) is 3.77. The van der Waals surface area contributed by atoms with Gasteiger partial charge in [-0.1, -0.05) is 18.2 Å². The van der Waals surface area contributed by atoms with Crippen molar-refractivity contribution in [2.24, 2.45) is 10.8 Å². The number of urea groups is 1. The zero-order valence-corrected chi connectivity index (χ0v) is 14.9. The maximum atomic E-state index is 13.7. The van der Waals surface area contributed by atoms with Gasteiger partial charge in [0.1, 0.15) is 12.4 Å². The molecule has 2 aromatic carbocycles. The number of nitrogens with two attached hydrogens (primary N) is 1. The van der Waals surface area contributed by atoms with E-state index in [0.29, 0.717) is 22.6 Å². The number of ether oxygens (including phenoxy) is 2. The molecule has 2 rings (SSSR count). The van der Waals surface area contributed by atoms with Crippen LogP contribution in [-0.4, -0.2) is 19.4 Å². The van der Waals surface area contributed by atoms with Crippen LogP contribution in [0.5, 0.6) is 11.5 Å². The van der Waals surface area contributed by atoms with Crippen LogP contribution in [0.25, 0.3) is 0 Å². The number of halogens is 2. The summed E-state index contributed by atoms with van der Waals surface area (Å²) >= 11 is 2.08. The van der Waals surface area contributed by atoms with Gasteiger partial charge in [0.2, 0.25) is 0 Å². The van der Waals surface area contributed by atoms with Crippen molar-refractivity contribution in [3.63, 3.8) is 0 Å². The normalized spacial score (nSPS) is 10.6. The van der Waals surface area contributed by atoms with E-state index in [9.17, 15) is 9.18 Å². The van der Waals surface area contributed by atoms with Crippen LogP contribution in [0.1, 0.15) is 11.1 Å². The van der Waals surface area contributed by atoms with Crippen LogP contribution in [0.3, 0.4) is 0 Å². The highest BCUT2D eigenvalue weighted by Crippen LogP contribution is 2.34. The molecule has 0 heterocycles. The van der Waals surface area contributed by atoms with Crippen molar-refractivity contribution in [1.82, 2.24) is 5.43 Å². The molecule has 3 N–H and O–H groups in total. The van der Waals surface area contributed by atoms with Gasteiger partial charge in [-0.2, -0.15) is 5.10 Å². The Kier molecular flexibility index (Phi) is 6.36. The molecular formula is C16H15FIN3O3. The van der Waals surface area contributed by atoms with Crippen molar-refractivity contribution in [2.75, 3.05) is 7.11 Å². The zero-order chi connectivity index (χ0) is 17.5. The summed E-state index contributed by atoms with van der Waals surface area (Å²) in [5.74, 6) is 0.646. The van der Waals surface area contributed by atoms with Gasteiger partial charge >= 0.3 is 6.03 Å². The van der Waals surface area contributed by atoms with Crippen LogP contribution in [0.4, 0.5) is 9.18 Å². The summed E-state index contributed by atoms with van der Waals surface area (Å²) in [6.07, 6.45) is 1.43. The van der Waals surface area contributed by atoms with Gasteiger partial charge in [0.05, 0.1) is 16.9 Å². The lowest BCUT2D eigenvalue weighted by molar-refractivity contribution is 0.249. The SMILES string of the molecule is COc1cc(/C=N\NC(N)=O)cc(I)c1OCc1ccccc1F. The first kappa shape index (κ1) is 18.0. The summed E-state index contributed by atoms with van der Waals surface area (Å²) in [5.41, 5.74) is 8.18. The van der Waals surface area contributed by atoms with Crippen molar-refractivity contribution < 1.29 is 18.7 Å². The molecule has 0 saturated heterocycles. The Labute approximate surface area is 152 Å². The molecule has 0 spiro atoms. The molecule has 0 aliphatic rings. The van der Waals surface area contributed by atoms with Gasteiger partial charge in [-0.3, -0.25) is 0 Å². The highest BCUT2D eigenvalue weighted by atomic mass is 127. The van der Waals surface area contributed by atoms with Crippen molar-refractivity contribution in [2.45, 2.75) is 6.61 Å². The van der Waals surface area contributed by atoms with Crippen molar-refractivity contribution in [1.29, 1.82) is 0 Å². The van der Waals surface area contributed by atoms with E-state index >= 15 is 0 Å². The molecule has 0 aromatic heterocycles. The maximum absolute atomic E-state index is 13.7. The fourth-order valence-electron chi connectivity index (χ4n) is 1.89. The van der Waals surface area contributed by atoms with E-state index in [2.05, 4.69) is 33.1 Å². The summed E-state index contributed by atoms with van der Waals surface area (Å²) < 4.78 is 25.5. The summed E-state index contributed by atoms with van der Waals surface area (Å²) in [7, 11) is 1.50. The first-order valence-electron chi connectivity index (χ1n) is 6.83. The molecule has 6 nitrogen and oxygen atoms in total. The Morgan fingerprint density at radius 3 is 2.83 bits per heavy atom. The van der Waals surface area contributed by atoms with Gasteiger partial charge in [0.25, 0.3) is 0 Å². The third-order valence-electron chi connectivity index (χ3n) is 2.97. The Morgan fingerprint density at radius 2 is 2.17 bits per heavy atom. The molecule has 0 aliphatic heterocycles. The lowest BCUT2D eigenvalue weighted by Gasteiger charge is -2.14. The van der Waals surface area contributed by atoms with Crippen molar-refractivity contribution in [3.8, 4) is 11.5 Å². The quantitative estimate of drug-likeness (QED) is 0.409. The average Bonchev–Trinajstić information content (AvgIpc) is 2.54. The molecule has 0 fully saturated rings. The van der Waals surface area contributed by atoms with Crippen LogP contribution in [0.2, 0.25) is 0 Å². The van der Waals surface area contributed by atoms with E-state index in [0.717, 1.165) is 3.57 Å². The standard InChI is InChI=1S/C16H15FIN3O3/c1-23-14-7-10(8-20-21-16(19)22)6-13(18)15(14)24-9-11-4-2-3-5-12(11)17/h2-8H,9H2,1H3,(H3,19,21,22)/b20-8-. The number of hydrogen-bond acceptors (Lipinski definition) is 4. The minimum absolute atomic E-state index is 0.0791. The number of hydrazone groups is 1. The van der Waals surface area contributed by atoms with E-state index < -0.39 is 6.03 Å². The van der Waals surface area contributed by atoms with Gasteiger partial charge in [-0.05, 0) is 46.4 Å². The zero-order valence-electron chi connectivity index (χ0n) is 12.8. The highest BCUT2D eigenvalue weighted by Gasteiger charge is 2.12. The Bertz CT molecular complexity index is 768. The number of nitrogens with one attached hydrogen (secondary N) is 1. The smallest absolute Gasteiger partial charge is 0.332 e. The molecule has 0 atom stereocenters. The number of amides is 2. The van der Waals surface area contributed by atoms with Crippen LogP contribution < -0.4 is 20.6 Å². The summed E-state index contributed by atoms with van der Waals surface area (Å²) in [5, 5.41) is 3.69. The lowest BCUT2D eigenvalue weighted by atomic mass is 10.2. The minimum atomic E-state index is -0.752. The minimum Gasteiger partial charge on any atom is -0.493 e. The second-order valence-corrected chi connectivity index (χ2v) is 5.81. The molecule has 0 aliphatic carbocycles. The summed E-state index contributed by atoms with van der Waals surface area (Å²) in [6.45, 7) is 0.0791. The van der Waals surface area contributed by atoms with E-state index in [4.69, 9.17) is 15.2 Å². The van der Waals surface area contributed by atoms with Gasteiger partial charge in [0, 0.05) is 5.56 Å². The van der Waals surface area contributed by atoms with Gasteiger partial charge < -0.3 is 15.2 Å². The molecule has 0 bridgehead atoms. The van der Waals surface area contributed by atoms with Gasteiger partial charge in [-0.25, -0.2) is 14.6 Å². The van der Waals surface area contributed by atoms with Crippen molar-refractivity contribution >= 4 is 34.8 Å². The molecular weight excluding hydrogens is 428 g/mol. The number of primary amides is 1. The van der Waals surface area contributed by atoms with E-state index in [-0.39, 0.29) is 12.4 Å². The second kappa shape index (κ2) is 8.48. The molecule has 0 saturated carbocycles. The molecule has 24 heavy (non-hydrogen) atoms. The summed E-state index contributed by atoms with van der Waals surface area (Å²) in [6, 6.07) is 9.12. The summed E-state index contributed by atoms with van der Waals surface area (Å²) in [4.78, 5) is 10.6. The monoisotopic (exact) mass is 443 g/mol. The van der Waals surface area contributed by atoms with E-state index in [1.807, 2.05) is 0 Å². The Hall–Kier alpha value is -2.36.